The van der Waals surface area contributed by atoms with E-state index in [2.05, 4.69) is 20.8 Å². The van der Waals surface area contributed by atoms with Crippen molar-refractivity contribution in [1.82, 2.24) is 24.9 Å². The first-order chi connectivity index (χ1) is 14.0. The summed E-state index contributed by atoms with van der Waals surface area (Å²) in [4.78, 5) is 16.3. The summed E-state index contributed by atoms with van der Waals surface area (Å²) in [6.45, 7) is 7.06. The number of ether oxygens (including phenoxy) is 2. The van der Waals surface area contributed by atoms with Crippen molar-refractivity contribution in [3.05, 3.63) is 18.0 Å². The van der Waals surface area contributed by atoms with Crippen molar-refractivity contribution < 1.29 is 14.3 Å². The first kappa shape index (κ1) is 20.6. The van der Waals surface area contributed by atoms with Crippen molar-refractivity contribution in [2.45, 2.75) is 33.6 Å². The summed E-state index contributed by atoms with van der Waals surface area (Å²) < 4.78 is 12.8. The van der Waals surface area contributed by atoms with E-state index in [1.165, 1.54) is 0 Å². The van der Waals surface area contributed by atoms with Crippen LogP contribution in [0.4, 0.5) is 5.82 Å². The Bertz CT molecular complexity index is 1010. The quantitative estimate of drug-likeness (QED) is 0.532. The van der Waals surface area contributed by atoms with Gasteiger partial charge < -0.3 is 20.1 Å². The Morgan fingerprint density at radius 1 is 1.10 bits per heavy atom. The third kappa shape index (κ3) is 4.33. The number of fused-ring (bicyclic) bond motifs is 3. The first-order valence-corrected chi connectivity index (χ1v) is 9.75. The Kier molecular flexibility index (Phi) is 6.36. The Labute approximate surface area is 169 Å². The summed E-state index contributed by atoms with van der Waals surface area (Å²) in [6, 6.07) is 3.73. The summed E-state index contributed by atoms with van der Waals surface area (Å²) in [7, 11) is 3.20. The first-order valence-electron chi connectivity index (χ1n) is 9.75. The number of aryl methyl sites for hydroxylation is 1. The van der Waals surface area contributed by atoms with E-state index in [9.17, 15) is 4.79 Å². The van der Waals surface area contributed by atoms with Crippen molar-refractivity contribution in [3.8, 4) is 11.5 Å². The molecule has 9 heteroatoms. The van der Waals surface area contributed by atoms with Gasteiger partial charge in [-0.25, -0.2) is 4.98 Å². The third-order valence-corrected chi connectivity index (χ3v) is 4.71. The van der Waals surface area contributed by atoms with Crippen LogP contribution in [0.2, 0.25) is 0 Å². The molecule has 0 aliphatic heterocycles. The molecule has 2 aromatic heterocycles. The lowest BCUT2D eigenvalue weighted by molar-refractivity contribution is -0.123. The predicted octanol–water partition coefficient (Wildman–Crippen LogP) is 2.57. The maximum Gasteiger partial charge on any atom is 0.222 e. The highest BCUT2D eigenvalue weighted by Crippen LogP contribution is 2.33. The number of carbonyl (C=O) groups excluding carboxylic acids is 1. The molecule has 0 unspecified atom stereocenters. The summed E-state index contributed by atoms with van der Waals surface area (Å²) >= 11 is 0. The maximum atomic E-state index is 11.6. The van der Waals surface area contributed by atoms with Crippen molar-refractivity contribution in [1.29, 1.82) is 0 Å². The Morgan fingerprint density at radius 2 is 1.79 bits per heavy atom. The van der Waals surface area contributed by atoms with Crippen LogP contribution in [0.15, 0.2) is 12.1 Å². The lowest BCUT2D eigenvalue weighted by atomic mass is 10.2. The number of anilines is 1. The lowest BCUT2D eigenvalue weighted by Crippen LogP contribution is -2.28. The second kappa shape index (κ2) is 8.93. The van der Waals surface area contributed by atoms with Crippen LogP contribution in [0.3, 0.4) is 0 Å². The molecule has 0 spiro atoms. The molecule has 9 nitrogen and oxygen atoms in total. The van der Waals surface area contributed by atoms with E-state index in [1.807, 2.05) is 37.3 Å². The largest absolute Gasteiger partial charge is 0.493 e. The van der Waals surface area contributed by atoms with Gasteiger partial charge in [-0.1, -0.05) is 13.8 Å². The number of hydrogen-bond donors (Lipinski definition) is 2. The molecule has 1 aromatic carbocycles. The highest BCUT2D eigenvalue weighted by Gasteiger charge is 2.16. The molecule has 0 bridgehead atoms. The fourth-order valence-corrected chi connectivity index (χ4v) is 3.09. The minimum absolute atomic E-state index is 0.00926. The highest BCUT2D eigenvalue weighted by molar-refractivity contribution is 5.85. The molecule has 3 rings (SSSR count). The van der Waals surface area contributed by atoms with Crippen LogP contribution in [-0.2, 0) is 4.79 Å². The van der Waals surface area contributed by atoms with Crippen molar-refractivity contribution in [3.63, 3.8) is 0 Å². The van der Waals surface area contributed by atoms with Gasteiger partial charge in [-0.05, 0) is 19.8 Å². The monoisotopic (exact) mass is 400 g/mol. The van der Waals surface area contributed by atoms with Crippen LogP contribution in [0, 0.1) is 12.8 Å². The molecule has 0 aliphatic carbocycles. The Balaban J connectivity index is 1.78. The molecule has 3 aromatic rings. The number of carbonyl (C=O) groups is 1. The van der Waals surface area contributed by atoms with Gasteiger partial charge in [0.05, 0.1) is 25.3 Å². The number of benzene rings is 1. The third-order valence-electron chi connectivity index (χ3n) is 4.71. The second-order valence-corrected chi connectivity index (χ2v) is 7.14. The molecular weight excluding hydrogens is 372 g/mol. The lowest BCUT2D eigenvalue weighted by Gasteiger charge is -2.13. The molecule has 0 saturated carbocycles. The van der Waals surface area contributed by atoms with Gasteiger partial charge in [0.25, 0.3) is 0 Å². The van der Waals surface area contributed by atoms with Crippen LogP contribution in [0.1, 0.15) is 32.5 Å². The number of nitrogens with one attached hydrogen (secondary N) is 2. The second-order valence-electron chi connectivity index (χ2n) is 7.14. The maximum absolute atomic E-state index is 11.6. The van der Waals surface area contributed by atoms with E-state index >= 15 is 0 Å². The van der Waals surface area contributed by atoms with Gasteiger partial charge in [0.2, 0.25) is 11.6 Å². The fraction of sp³-hybridized carbons (Fsp3) is 0.500. The fourth-order valence-electron chi connectivity index (χ4n) is 3.09. The van der Waals surface area contributed by atoms with Crippen LogP contribution in [0.5, 0.6) is 11.5 Å². The molecule has 2 heterocycles. The standard InChI is InChI=1S/C20H28N6O3/c1-12(2)20(27)22-9-7-6-8-21-18-19-25-24-13(3)26(19)15-11-17(29-5)16(28-4)10-14(15)23-18/h10-12H,6-9H2,1-5H3,(H,21,23)(H,22,27). The van der Waals surface area contributed by atoms with E-state index in [0.29, 0.717) is 36.1 Å². The average molecular weight is 400 g/mol. The van der Waals surface area contributed by atoms with Crippen LogP contribution in [-0.4, -0.2) is 52.8 Å². The van der Waals surface area contributed by atoms with Gasteiger partial charge in [0.15, 0.2) is 17.3 Å². The molecule has 0 aliphatic rings. The zero-order chi connectivity index (χ0) is 21.0. The zero-order valence-corrected chi connectivity index (χ0v) is 17.6. The number of amides is 1. The van der Waals surface area contributed by atoms with Crippen LogP contribution in [0.25, 0.3) is 16.7 Å². The van der Waals surface area contributed by atoms with Gasteiger partial charge in [0, 0.05) is 31.1 Å². The molecule has 156 valence electrons. The normalized spacial score (nSPS) is 11.2. The summed E-state index contributed by atoms with van der Waals surface area (Å²) in [5.41, 5.74) is 2.27. The number of rotatable bonds is 9. The van der Waals surface area contributed by atoms with Gasteiger partial charge in [-0.15, -0.1) is 10.2 Å². The van der Waals surface area contributed by atoms with E-state index in [-0.39, 0.29) is 11.8 Å². The average Bonchev–Trinajstić information content (AvgIpc) is 3.11. The summed E-state index contributed by atoms with van der Waals surface area (Å²) in [5, 5.41) is 14.8. The molecule has 29 heavy (non-hydrogen) atoms. The number of hydrogen-bond acceptors (Lipinski definition) is 7. The number of nitrogens with zero attached hydrogens (tertiary/aromatic N) is 4. The van der Waals surface area contributed by atoms with Gasteiger partial charge in [-0.2, -0.15) is 0 Å². The SMILES string of the molecule is COc1cc2nc(NCCCCNC(=O)C(C)C)c3nnc(C)n3c2cc1OC. The molecule has 0 fully saturated rings. The molecule has 2 N–H and O–H groups in total. The molecular formula is C20H28N6O3. The van der Waals surface area contributed by atoms with Gasteiger partial charge in [0.1, 0.15) is 5.82 Å². The number of aromatic nitrogens is 4. The minimum atomic E-state index is 0.00926. The molecule has 1 amide bonds. The predicted molar refractivity (Wildman–Crippen MR) is 112 cm³/mol. The van der Waals surface area contributed by atoms with Crippen molar-refractivity contribution in [2.24, 2.45) is 5.92 Å². The Hall–Kier alpha value is -3.10. The van der Waals surface area contributed by atoms with Gasteiger partial charge in [-0.3, -0.25) is 9.20 Å². The highest BCUT2D eigenvalue weighted by atomic mass is 16.5. The summed E-state index contributed by atoms with van der Waals surface area (Å²) in [6.07, 6.45) is 1.77. The van der Waals surface area contributed by atoms with E-state index in [0.717, 1.165) is 29.7 Å². The minimum Gasteiger partial charge on any atom is -0.493 e. The van der Waals surface area contributed by atoms with Crippen LogP contribution >= 0.6 is 0 Å². The Morgan fingerprint density at radius 3 is 2.48 bits per heavy atom. The topological polar surface area (TPSA) is 103 Å². The van der Waals surface area contributed by atoms with Crippen LogP contribution < -0.4 is 20.1 Å². The van der Waals surface area contributed by atoms with Gasteiger partial charge >= 0.3 is 0 Å². The smallest absolute Gasteiger partial charge is 0.222 e. The zero-order valence-electron chi connectivity index (χ0n) is 17.6. The van der Waals surface area contributed by atoms with E-state index in [4.69, 9.17) is 14.5 Å². The summed E-state index contributed by atoms with van der Waals surface area (Å²) in [5.74, 6) is 2.76. The number of methoxy groups -OCH3 is 2. The molecule has 0 atom stereocenters. The van der Waals surface area contributed by atoms with E-state index < -0.39 is 0 Å². The van der Waals surface area contributed by atoms with Crippen molar-refractivity contribution >= 4 is 28.4 Å². The van der Waals surface area contributed by atoms with E-state index in [1.54, 1.807) is 14.2 Å². The molecule has 0 radical (unpaired) electrons. The van der Waals surface area contributed by atoms with Crippen molar-refractivity contribution in [2.75, 3.05) is 32.6 Å². The number of unbranched alkanes of at least 4 members (excludes halogenated alkanes) is 1. The molecule has 0 saturated heterocycles.